The molecule has 0 unspecified atom stereocenters. The highest BCUT2D eigenvalue weighted by Gasteiger charge is 2.36. The highest BCUT2D eigenvalue weighted by Crippen LogP contribution is 2.20. The lowest BCUT2D eigenvalue weighted by atomic mass is 9.86. The number of amides is 5. The summed E-state index contributed by atoms with van der Waals surface area (Å²) in [5, 5.41) is 32.9. The number of carboxylic acids is 1. The summed E-state index contributed by atoms with van der Waals surface area (Å²) in [6.45, 7) is 5.70. The molecule has 0 aliphatic carbocycles. The van der Waals surface area contributed by atoms with Crippen molar-refractivity contribution >= 4 is 35.5 Å². The Hall–Kier alpha value is -4.54. The Kier molecular flexibility index (Phi) is 17.5. The number of carbonyl (C=O) groups is 6. The van der Waals surface area contributed by atoms with Gasteiger partial charge in [0.1, 0.15) is 36.0 Å². The van der Waals surface area contributed by atoms with E-state index in [2.05, 4.69) is 26.6 Å². The first kappa shape index (κ1) is 42.6. The number of aliphatic carboxylic acids is 1. The molecule has 1 aliphatic heterocycles. The number of hydrogen-bond acceptors (Lipinski definition) is 10. The number of rotatable bonds is 15. The quantitative estimate of drug-likeness (QED) is 0.0810. The van der Waals surface area contributed by atoms with Crippen molar-refractivity contribution in [3.05, 3.63) is 42.0 Å². The molecule has 0 spiro atoms. The highest BCUT2D eigenvalue weighted by atomic mass is 16.4. The number of aromatic hydroxyl groups is 1. The monoisotopic (exact) mass is 716 g/mol. The van der Waals surface area contributed by atoms with Gasteiger partial charge in [0.2, 0.25) is 29.5 Å². The predicted molar refractivity (Wildman–Crippen MR) is 191 cm³/mol. The molecule has 1 heterocycles. The van der Waals surface area contributed by atoms with Crippen molar-refractivity contribution in [3.63, 3.8) is 0 Å². The SMILES string of the molecule is CC(C)(C)[C@H](NC(=O)[C@H](Cc1ccc(O)cc1)NC(=O)[C@@H]1C/C=C/C[C@H](N)C(=O)N[C@@H](CCCCN)C(=O)N[C@@H](CCCCN)C(=O)N1)C(=O)O. The first-order valence-electron chi connectivity index (χ1n) is 17.4. The predicted octanol–water partition coefficient (Wildman–Crippen LogP) is -0.575. The number of phenols is 1. The number of carboxylic acid groups (broad SMARTS) is 1. The number of hydrogen-bond donors (Lipinski definition) is 10. The van der Waals surface area contributed by atoms with Crippen molar-refractivity contribution in [2.24, 2.45) is 22.6 Å². The van der Waals surface area contributed by atoms with Gasteiger partial charge in [-0.15, -0.1) is 0 Å². The molecule has 2 rings (SSSR count). The summed E-state index contributed by atoms with van der Waals surface area (Å²) >= 11 is 0. The van der Waals surface area contributed by atoms with Crippen LogP contribution in [0.3, 0.4) is 0 Å². The summed E-state index contributed by atoms with van der Waals surface area (Å²) in [7, 11) is 0. The Balaban J connectivity index is 2.45. The van der Waals surface area contributed by atoms with Gasteiger partial charge in [-0.3, -0.25) is 24.0 Å². The van der Waals surface area contributed by atoms with Gasteiger partial charge < -0.3 is 54.0 Å². The van der Waals surface area contributed by atoms with Crippen LogP contribution in [0.5, 0.6) is 5.75 Å². The number of nitrogens with one attached hydrogen (secondary N) is 5. The molecule has 284 valence electrons. The molecule has 1 aromatic carbocycles. The van der Waals surface area contributed by atoms with Crippen LogP contribution in [0, 0.1) is 5.41 Å². The van der Waals surface area contributed by atoms with Gasteiger partial charge in [-0.1, -0.05) is 45.1 Å². The van der Waals surface area contributed by atoms with E-state index in [9.17, 15) is 39.0 Å². The van der Waals surface area contributed by atoms with Crippen LogP contribution in [0.25, 0.3) is 0 Å². The number of benzene rings is 1. The molecule has 0 saturated heterocycles. The molecule has 1 aliphatic rings. The minimum atomic E-state index is -1.29. The van der Waals surface area contributed by atoms with Crippen LogP contribution in [0.1, 0.15) is 77.7 Å². The maximum absolute atomic E-state index is 13.9. The van der Waals surface area contributed by atoms with E-state index in [0.717, 1.165) is 0 Å². The number of carbonyl (C=O) groups excluding carboxylic acids is 5. The zero-order valence-electron chi connectivity index (χ0n) is 29.8. The lowest BCUT2D eigenvalue weighted by molar-refractivity contribution is -0.145. The number of unbranched alkanes of at least 4 members (excludes halogenated alkanes) is 2. The zero-order valence-corrected chi connectivity index (χ0v) is 29.8. The van der Waals surface area contributed by atoms with Gasteiger partial charge in [-0.05, 0) is 87.6 Å². The van der Waals surface area contributed by atoms with E-state index in [1.54, 1.807) is 45.1 Å². The van der Waals surface area contributed by atoms with Crippen LogP contribution in [0.15, 0.2) is 36.4 Å². The summed E-state index contributed by atoms with van der Waals surface area (Å²) < 4.78 is 0. The van der Waals surface area contributed by atoms with Gasteiger partial charge in [0.05, 0.1) is 6.04 Å². The molecular formula is C35H56N8O8. The smallest absolute Gasteiger partial charge is 0.326 e. The van der Waals surface area contributed by atoms with E-state index >= 15 is 0 Å². The molecule has 0 bridgehead atoms. The van der Waals surface area contributed by atoms with E-state index in [4.69, 9.17) is 17.2 Å². The van der Waals surface area contributed by atoms with Crippen LogP contribution >= 0.6 is 0 Å². The van der Waals surface area contributed by atoms with Gasteiger partial charge >= 0.3 is 5.97 Å². The molecule has 0 radical (unpaired) electrons. The molecule has 0 aromatic heterocycles. The van der Waals surface area contributed by atoms with E-state index < -0.39 is 77.2 Å². The second-order valence-corrected chi connectivity index (χ2v) is 13.9. The fourth-order valence-electron chi connectivity index (χ4n) is 5.40. The van der Waals surface area contributed by atoms with Crippen LogP contribution in [-0.4, -0.2) is 95.1 Å². The van der Waals surface area contributed by atoms with Crippen molar-refractivity contribution in [2.45, 2.75) is 115 Å². The number of nitrogens with two attached hydrogens (primary N) is 3. The summed E-state index contributed by atoms with van der Waals surface area (Å²) in [5.41, 5.74) is 17.1. The topological polar surface area (TPSA) is 281 Å². The van der Waals surface area contributed by atoms with Crippen LogP contribution in [-0.2, 0) is 35.2 Å². The summed E-state index contributed by atoms with van der Waals surface area (Å²) in [6.07, 6.45) is 5.77. The van der Waals surface area contributed by atoms with Crippen LogP contribution in [0.4, 0.5) is 0 Å². The summed E-state index contributed by atoms with van der Waals surface area (Å²) in [5.74, 6) is -4.60. The van der Waals surface area contributed by atoms with Crippen molar-refractivity contribution < 1.29 is 39.0 Å². The maximum Gasteiger partial charge on any atom is 0.326 e. The van der Waals surface area contributed by atoms with Crippen molar-refractivity contribution in [3.8, 4) is 5.75 Å². The fraction of sp³-hybridized carbons (Fsp3) is 0.600. The van der Waals surface area contributed by atoms with Crippen molar-refractivity contribution in [1.82, 2.24) is 26.6 Å². The highest BCUT2D eigenvalue weighted by molar-refractivity contribution is 5.96. The van der Waals surface area contributed by atoms with E-state index in [-0.39, 0.29) is 37.9 Å². The Morgan fingerprint density at radius 1 is 0.824 bits per heavy atom. The van der Waals surface area contributed by atoms with Gasteiger partial charge in [0, 0.05) is 6.42 Å². The van der Waals surface area contributed by atoms with Gasteiger partial charge in [0.25, 0.3) is 0 Å². The third-order valence-corrected chi connectivity index (χ3v) is 8.47. The second kappa shape index (κ2) is 21.0. The molecule has 5 amide bonds. The van der Waals surface area contributed by atoms with Crippen molar-refractivity contribution in [1.29, 1.82) is 0 Å². The third kappa shape index (κ3) is 14.7. The minimum absolute atomic E-state index is 0.0103. The first-order valence-corrected chi connectivity index (χ1v) is 17.4. The first-order chi connectivity index (χ1) is 24.1. The van der Waals surface area contributed by atoms with Crippen LogP contribution in [0.2, 0.25) is 0 Å². The van der Waals surface area contributed by atoms with E-state index in [0.29, 0.717) is 44.3 Å². The van der Waals surface area contributed by atoms with Gasteiger partial charge in [-0.25, -0.2) is 4.79 Å². The number of phenolic OH excluding ortho intramolecular Hbond substituents is 1. The fourth-order valence-corrected chi connectivity index (χ4v) is 5.40. The molecule has 16 nitrogen and oxygen atoms in total. The maximum atomic E-state index is 13.9. The molecule has 0 saturated carbocycles. The Morgan fingerprint density at radius 3 is 1.88 bits per heavy atom. The average Bonchev–Trinajstić information content (AvgIpc) is 3.06. The Labute approximate surface area is 299 Å². The molecule has 16 heteroatoms. The molecular weight excluding hydrogens is 660 g/mol. The molecule has 6 atom stereocenters. The normalized spacial score (nSPS) is 22.3. The Bertz CT molecular complexity index is 1360. The molecule has 0 fully saturated rings. The zero-order chi connectivity index (χ0) is 38.1. The van der Waals surface area contributed by atoms with Crippen molar-refractivity contribution in [2.75, 3.05) is 13.1 Å². The van der Waals surface area contributed by atoms with E-state index in [1.165, 1.54) is 12.1 Å². The molecule has 1 aromatic rings. The largest absolute Gasteiger partial charge is 0.508 e. The molecule has 51 heavy (non-hydrogen) atoms. The Morgan fingerprint density at radius 2 is 1.35 bits per heavy atom. The average molecular weight is 717 g/mol. The summed E-state index contributed by atoms with van der Waals surface area (Å²) in [4.78, 5) is 79.7. The third-order valence-electron chi connectivity index (χ3n) is 8.47. The van der Waals surface area contributed by atoms with Crippen LogP contribution < -0.4 is 43.8 Å². The lowest BCUT2D eigenvalue weighted by Crippen LogP contribution is -2.60. The second-order valence-electron chi connectivity index (χ2n) is 13.9. The van der Waals surface area contributed by atoms with E-state index in [1.807, 2.05) is 0 Å². The standard InChI is InChI=1S/C35H56N8O8/c1-35(2,3)28(34(50)51)43-33(49)27(20-21-14-16-22(44)17-15-21)42-32(48)25-11-5-4-10-23(38)29(45)39-24(12-6-8-18-36)30(46)41-26(31(47)40-25)13-7-9-19-37/h4-5,14-17,23-28,44H,6-13,18-20,36-38H2,1-3H3,(H,39,45)(H,40,47)(H,41,46)(H,42,48)(H,43,49)(H,50,51)/b5-4+/t23-,24-,25-,26-,27-,28+/m0/s1. The van der Waals surface area contributed by atoms with Gasteiger partial charge in [-0.2, -0.15) is 0 Å². The summed E-state index contributed by atoms with van der Waals surface area (Å²) in [6, 6.07) is -0.948. The van der Waals surface area contributed by atoms with Gasteiger partial charge in [0.15, 0.2) is 0 Å². The minimum Gasteiger partial charge on any atom is -0.508 e. The lowest BCUT2D eigenvalue weighted by Gasteiger charge is -2.30. The molecule has 13 N–H and O–H groups in total.